The Bertz CT molecular complexity index is 1870. The van der Waals surface area contributed by atoms with E-state index < -0.39 is 11.4 Å². The molecule has 11 nitrogen and oxygen atoms in total. The van der Waals surface area contributed by atoms with Crippen LogP contribution in [0, 0.1) is 0 Å². The minimum absolute atomic E-state index is 0. The summed E-state index contributed by atoms with van der Waals surface area (Å²) in [5.74, 6) is 3.89. The van der Waals surface area contributed by atoms with Crippen LogP contribution in [0.5, 0.6) is 0 Å². The maximum atomic E-state index is 4.94. The molecular weight excluding hydrogens is 823 g/mol. The number of halogens is 3. The Morgan fingerprint density at radius 2 is 0.741 bits per heavy atom. The Labute approximate surface area is 341 Å². The summed E-state index contributed by atoms with van der Waals surface area (Å²) in [6, 6.07) is 32.4. The molecule has 282 valence electrons. The van der Waals surface area contributed by atoms with E-state index in [4.69, 9.17) is 34.9 Å². The molecular formula is C38H42Cl3Cr2N10O+. The number of nitrogens with zero attached hydrogens (tertiary/aromatic N) is 6. The van der Waals surface area contributed by atoms with Gasteiger partial charge in [-0.15, -0.1) is 0 Å². The summed E-state index contributed by atoms with van der Waals surface area (Å²) in [5.41, 5.74) is 8.35. The Morgan fingerprint density at radius 1 is 0.500 bits per heavy atom. The van der Waals surface area contributed by atoms with Crippen molar-refractivity contribution in [2.75, 3.05) is 27.3 Å². The van der Waals surface area contributed by atoms with Crippen molar-refractivity contribution in [1.29, 1.82) is 0 Å². The number of H-pyrrole nitrogens is 4. The minimum Gasteiger partial charge on any atom is 0 e. The van der Waals surface area contributed by atoms with E-state index in [2.05, 4.69) is 63.8 Å². The quantitative estimate of drug-likeness (QED) is 0.120. The van der Waals surface area contributed by atoms with Crippen molar-refractivity contribution in [3.63, 3.8) is 0 Å². The molecule has 0 saturated carbocycles. The average molecular weight is 865 g/mol. The third-order valence-corrected chi connectivity index (χ3v) is 8.26. The summed E-state index contributed by atoms with van der Waals surface area (Å²) in [6.45, 7) is 5.02. The molecule has 0 aliphatic carbocycles. The zero-order chi connectivity index (χ0) is 37.0. The molecule has 16 heteroatoms. The van der Waals surface area contributed by atoms with E-state index in [0.717, 1.165) is 107 Å². The number of hydrogen-bond acceptors (Lipinski definition) is 7. The third-order valence-electron chi connectivity index (χ3n) is 8.26. The number of hydrogen-bond donors (Lipinski definition) is 4. The zero-order valence-corrected chi connectivity index (χ0v) is 34.8. The number of imidazole rings is 4. The van der Waals surface area contributed by atoms with E-state index in [0.29, 0.717) is 0 Å². The van der Waals surface area contributed by atoms with Crippen molar-refractivity contribution < 1.29 is 33.5 Å². The van der Waals surface area contributed by atoms with Crippen LogP contribution in [0.3, 0.4) is 0 Å². The second-order valence-corrected chi connectivity index (χ2v) is 19.0. The van der Waals surface area contributed by atoms with Gasteiger partial charge in [0.1, 0.15) is 23.3 Å². The third kappa shape index (κ3) is 12.6. The number of aromatic amines is 4. The summed E-state index contributed by atoms with van der Waals surface area (Å²) >= 11 is -1.62. The molecule has 1 fully saturated rings. The van der Waals surface area contributed by atoms with E-state index >= 15 is 0 Å². The minimum atomic E-state index is -1.62. The molecule has 0 atom stereocenters. The van der Waals surface area contributed by atoms with Crippen LogP contribution < -0.4 is 0 Å². The monoisotopic (exact) mass is 863 g/mol. The fraction of sp³-hybridized carbons (Fsp3) is 0.263. The molecule has 1 aliphatic heterocycles. The van der Waals surface area contributed by atoms with E-state index in [9.17, 15) is 0 Å². The molecule has 8 aromatic rings. The Kier molecular flexibility index (Phi) is 16.3. The van der Waals surface area contributed by atoms with Crippen molar-refractivity contribution in [2.45, 2.75) is 39.0 Å². The van der Waals surface area contributed by atoms with Gasteiger partial charge in [0.05, 0.1) is 70.3 Å². The van der Waals surface area contributed by atoms with Crippen LogP contribution in [0.4, 0.5) is 0 Å². The number of ether oxygens (including phenoxy) is 1. The summed E-state index contributed by atoms with van der Waals surface area (Å²) in [7, 11) is 18.9. The van der Waals surface area contributed by atoms with Crippen molar-refractivity contribution in [3.8, 4) is 0 Å². The first-order chi connectivity index (χ1) is 25.8. The van der Waals surface area contributed by atoms with Gasteiger partial charge in [-0.3, -0.25) is 9.80 Å². The number of para-hydroxylation sites is 8. The second-order valence-electron chi connectivity index (χ2n) is 12.6. The van der Waals surface area contributed by atoms with Gasteiger partial charge in [0.25, 0.3) is 0 Å². The van der Waals surface area contributed by atoms with Crippen molar-refractivity contribution >= 4 is 74.3 Å². The average Bonchev–Trinajstić information content (AvgIpc) is 3.98. The molecule has 4 aromatic carbocycles. The zero-order valence-electron chi connectivity index (χ0n) is 29.9. The number of aromatic nitrogens is 8. The Balaban J connectivity index is 0.000000167. The maximum Gasteiger partial charge on any atom is 0 e. The van der Waals surface area contributed by atoms with Crippen LogP contribution in [-0.4, -0.2) is 77.0 Å². The molecule has 1 aliphatic rings. The van der Waals surface area contributed by atoms with Crippen LogP contribution in [0.25, 0.3) is 44.1 Å². The van der Waals surface area contributed by atoms with Gasteiger partial charge in [0.2, 0.25) is 0 Å². The Morgan fingerprint density at radius 3 is 0.944 bits per heavy atom. The van der Waals surface area contributed by atoms with Crippen LogP contribution >= 0.6 is 30.1 Å². The number of nitrogens with one attached hydrogen (secondary N) is 4. The molecule has 0 spiro atoms. The molecule has 54 heavy (non-hydrogen) atoms. The SMILES string of the molecule is C1CCOC1.CN(Cc1nc2ccccc2[nH]1)Cc1nc2ccccc2[nH]1.CN(Cc1nc2ccccc2[nH]1)Cc1nc2ccccc2[nH]1.[Cl][Cr+]([Cl])[Cl].[Cr]. The van der Waals surface area contributed by atoms with Gasteiger partial charge in [0.15, 0.2) is 0 Å². The fourth-order valence-corrected chi connectivity index (χ4v) is 5.97. The molecule has 4 N–H and O–H groups in total. The normalized spacial score (nSPS) is 12.4. The summed E-state index contributed by atoms with van der Waals surface area (Å²) in [6.07, 6.45) is 2.56. The first kappa shape index (κ1) is 41.7. The molecule has 0 amide bonds. The van der Waals surface area contributed by atoms with E-state index in [1.807, 2.05) is 97.1 Å². The van der Waals surface area contributed by atoms with Gasteiger partial charge in [-0.25, -0.2) is 19.9 Å². The fourth-order valence-electron chi connectivity index (χ4n) is 5.97. The van der Waals surface area contributed by atoms with Crippen LogP contribution in [-0.2, 0) is 59.7 Å². The van der Waals surface area contributed by atoms with Crippen molar-refractivity contribution in [2.24, 2.45) is 0 Å². The van der Waals surface area contributed by atoms with Gasteiger partial charge >= 0.3 is 41.5 Å². The predicted molar refractivity (Wildman–Crippen MR) is 212 cm³/mol. The summed E-state index contributed by atoms with van der Waals surface area (Å²) < 4.78 is 4.94. The van der Waals surface area contributed by atoms with Crippen molar-refractivity contribution in [3.05, 3.63) is 120 Å². The molecule has 0 unspecified atom stereocenters. The molecule has 0 bridgehead atoms. The standard InChI is InChI=1S/2C17H17N5.C4H8O.3ClH.2Cr/c2*1-22(10-16-18-12-6-2-3-7-13(12)19-16)11-17-20-14-8-4-5-9-15(14)21-17;1-2-4-5-3-1;;;;;/h2*2-9H,10-11H2,1H3,(H,18,19)(H,20,21);1-4H2;3*1H;;/q;;;;;;;+4/p-3. The first-order valence-electron chi connectivity index (χ1n) is 17.2. The van der Waals surface area contributed by atoms with Crippen LogP contribution in [0.15, 0.2) is 97.1 Å². The van der Waals surface area contributed by atoms with E-state index in [-0.39, 0.29) is 17.4 Å². The topological polar surface area (TPSA) is 130 Å². The van der Waals surface area contributed by atoms with Gasteiger partial charge in [-0.1, -0.05) is 48.5 Å². The van der Waals surface area contributed by atoms with E-state index in [1.165, 1.54) is 12.8 Å². The van der Waals surface area contributed by atoms with Gasteiger partial charge in [-0.05, 0) is 75.5 Å². The molecule has 0 radical (unpaired) electrons. The maximum absolute atomic E-state index is 4.94. The van der Waals surface area contributed by atoms with E-state index in [1.54, 1.807) is 0 Å². The largest absolute Gasteiger partial charge is 0 e. The number of fused-ring (bicyclic) bond motifs is 4. The molecule has 9 rings (SSSR count). The molecule has 5 heterocycles. The Hall–Kier alpha value is -3.43. The predicted octanol–water partition coefficient (Wildman–Crippen LogP) is 9.00. The second kappa shape index (κ2) is 21.0. The smallest absolute Gasteiger partial charge is 0 e. The number of rotatable bonds is 8. The summed E-state index contributed by atoms with van der Waals surface area (Å²) in [5, 5.41) is 0. The first-order valence-corrected chi connectivity index (χ1v) is 22.5. The summed E-state index contributed by atoms with van der Waals surface area (Å²) in [4.78, 5) is 36.2. The van der Waals surface area contributed by atoms with Gasteiger partial charge in [0, 0.05) is 30.6 Å². The molecule has 4 aromatic heterocycles. The van der Waals surface area contributed by atoms with Gasteiger partial charge < -0.3 is 24.7 Å². The van der Waals surface area contributed by atoms with Crippen LogP contribution in [0.1, 0.15) is 36.1 Å². The molecule has 1 saturated heterocycles. The van der Waals surface area contributed by atoms with Crippen LogP contribution in [0.2, 0.25) is 0 Å². The van der Waals surface area contributed by atoms with Gasteiger partial charge in [-0.2, -0.15) is 0 Å². The van der Waals surface area contributed by atoms with Crippen molar-refractivity contribution in [1.82, 2.24) is 49.7 Å². The number of benzene rings is 4.